The highest BCUT2D eigenvalue weighted by molar-refractivity contribution is 7.92. The fraction of sp³-hybridized carbons (Fsp3) is 0.269. The number of aromatic nitrogens is 3. The topological polar surface area (TPSA) is 116 Å². The van der Waals surface area contributed by atoms with Gasteiger partial charge in [0.2, 0.25) is 5.88 Å². The fourth-order valence-electron chi connectivity index (χ4n) is 3.56. The van der Waals surface area contributed by atoms with E-state index in [4.69, 9.17) is 25.8 Å². The van der Waals surface area contributed by atoms with E-state index in [-0.39, 0.29) is 23.1 Å². The van der Waals surface area contributed by atoms with Crippen molar-refractivity contribution in [2.45, 2.75) is 18.4 Å². The number of benzene rings is 2. The number of nitrogens with zero attached hydrogens (tertiary/aromatic N) is 4. The smallest absolute Gasteiger partial charge is 0.262 e. The van der Waals surface area contributed by atoms with Gasteiger partial charge in [-0.2, -0.15) is 4.98 Å². The van der Waals surface area contributed by atoms with Crippen LogP contribution in [0.2, 0.25) is 5.02 Å². The maximum Gasteiger partial charge on any atom is 0.262 e. The Bertz CT molecular complexity index is 1550. The van der Waals surface area contributed by atoms with Crippen molar-refractivity contribution in [3.05, 3.63) is 71.0 Å². The van der Waals surface area contributed by atoms with E-state index in [2.05, 4.69) is 19.7 Å². The number of fused-ring (bicyclic) bond motifs is 1. The van der Waals surface area contributed by atoms with Crippen LogP contribution < -0.4 is 18.9 Å². The predicted molar refractivity (Wildman–Crippen MR) is 146 cm³/mol. The molecule has 0 amide bonds. The van der Waals surface area contributed by atoms with Crippen molar-refractivity contribution in [1.29, 1.82) is 0 Å². The molecule has 2 aromatic heterocycles. The number of rotatable bonds is 11. The average Bonchev–Trinajstić information content (AvgIpc) is 2.88. The van der Waals surface area contributed by atoms with Gasteiger partial charge in [0.1, 0.15) is 24.4 Å². The Hall–Kier alpha value is -3.67. The highest BCUT2D eigenvalue weighted by atomic mass is 35.5. The first kappa shape index (κ1) is 27.4. The summed E-state index contributed by atoms with van der Waals surface area (Å²) in [6.45, 7) is 2.94. The number of sulfonamides is 1. The van der Waals surface area contributed by atoms with Crippen LogP contribution in [0, 0.1) is 6.92 Å². The summed E-state index contributed by atoms with van der Waals surface area (Å²) >= 11 is 6.16. The Morgan fingerprint density at radius 2 is 1.82 bits per heavy atom. The Morgan fingerprint density at radius 1 is 1.03 bits per heavy atom. The minimum Gasteiger partial charge on any atom is -0.493 e. The van der Waals surface area contributed by atoms with E-state index in [1.165, 1.54) is 24.5 Å². The van der Waals surface area contributed by atoms with Gasteiger partial charge in [-0.25, -0.2) is 13.4 Å². The Balaban J connectivity index is 1.63. The summed E-state index contributed by atoms with van der Waals surface area (Å²) in [5.41, 5.74) is 2.03. The minimum absolute atomic E-state index is 0.0462. The van der Waals surface area contributed by atoms with Crippen molar-refractivity contribution >= 4 is 38.5 Å². The van der Waals surface area contributed by atoms with Gasteiger partial charge in [0, 0.05) is 24.0 Å². The van der Waals surface area contributed by atoms with Crippen LogP contribution in [0.4, 0.5) is 5.69 Å². The number of likely N-dealkylation sites (N-methyl/N-ethyl adjacent to an activating group) is 1. The number of hydrogen-bond donors (Lipinski definition) is 1. The number of methoxy groups -OCH3 is 1. The van der Waals surface area contributed by atoms with Crippen molar-refractivity contribution in [3.63, 3.8) is 0 Å². The molecule has 2 aromatic carbocycles. The third-order valence-electron chi connectivity index (χ3n) is 5.58. The summed E-state index contributed by atoms with van der Waals surface area (Å²) in [6, 6.07) is 11.7. The zero-order valence-corrected chi connectivity index (χ0v) is 23.0. The molecule has 0 radical (unpaired) electrons. The van der Waals surface area contributed by atoms with E-state index in [1.54, 1.807) is 32.2 Å². The Morgan fingerprint density at radius 3 is 2.58 bits per heavy atom. The van der Waals surface area contributed by atoms with E-state index in [1.807, 2.05) is 31.1 Å². The normalized spacial score (nSPS) is 11.5. The summed E-state index contributed by atoms with van der Waals surface area (Å²) in [7, 11) is 1.48. The fourth-order valence-corrected chi connectivity index (χ4v) is 5.11. The molecular formula is C26H28ClN5O5S. The lowest BCUT2D eigenvalue weighted by Crippen LogP contribution is -2.19. The van der Waals surface area contributed by atoms with Crippen molar-refractivity contribution < 1.29 is 22.6 Å². The second-order valence-corrected chi connectivity index (χ2v) is 10.7. The summed E-state index contributed by atoms with van der Waals surface area (Å²) in [4.78, 5) is 14.9. The van der Waals surface area contributed by atoms with Gasteiger partial charge in [0.15, 0.2) is 17.1 Å². The number of hydrogen-bond acceptors (Lipinski definition) is 9. The first-order chi connectivity index (χ1) is 18.2. The van der Waals surface area contributed by atoms with Gasteiger partial charge in [0.05, 0.1) is 12.0 Å². The quantitative estimate of drug-likeness (QED) is 0.288. The molecule has 1 N–H and O–H groups in total. The second kappa shape index (κ2) is 11.8. The maximum absolute atomic E-state index is 13.3. The first-order valence-electron chi connectivity index (χ1n) is 11.6. The van der Waals surface area contributed by atoms with E-state index >= 15 is 0 Å². The molecule has 0 spiro atoms. The molecule has 0 bridgehead atoms. The average molecular weight is 558 g/mol. The molecule has 4 aromatic rings. The van der Waals surface area contributed by atoms with Crippen molar-refractivity contribution in [2.24, 2.45) is 0 Å². The molecule has 0 atom stereocenters. The van der Waals surface area contributed by atoms with Crippen LogP contribution >= 0.6 is 11.6 Å². The number of anilines is 1. The highest BCUT2D eigenvalue weighted by Crippen LogP contribution is 2.32. The van der Waals surface area contributed by atoms with Crippen LogP contribution in [-0.2, 0) is 16.6 Å². The van der Waals surface area contributed by atoms with E-state index in [0.29, 0.717) is 39.9 Å². The Labute approximate surface area is 226 Å². The zero-order chi connectivity index (χ0) is 27.3. The van der Waals surface area contributed by atoms with Gasteiger partial charge in [-0.1, -0.05) is 23.7 Å². The second-order valence-electron chi connectivity index (χ2n) is 8.63. The van der Waals surface area contributed by atoms with Crippen LogP contribution in [0.1, 0.15) is 11.1 Å². The number of halogens is 1. The van der Waals surface area contributed by atoms with Gasteiger partial charge in [0.25, 0.3) is 10.0 Å². The largest absolute Gasteiger partial charge is 0.493 e. The van der Waals surface area contributed by atoms with Crippen molar-refractivity contribution in [2.75, 3.05) is 39.1 Å². The van der Waals surface area contributed by atoms with Gasteiger partial charge < -0.3 is 19.1 Å². The van der Waals surface area contributed by atoms with Crippen LogP contribution in [0.25, 0.3) is 11.2 Å². The van der Waals surface area contributed by atoms with E-state index < -0.39 is 10.0 Å². The molecule has 12 heteroatoms. The molecule has 200 valence electrons. The zero-order valence-electron chi connectivity index (χ0n) is 21.4. The molecule has 2 heterocycles. The summed E-state index contributed by atoms with van der Waals surface area (Å²) < 4.78 is 46.4. The van der Waals surface area contributed by atoms with Gasteiger partial charge in [-0.05, 0) is 62.5 Å². The lowest BCUT2D eigenvalue weighted by Gasteiger charge is -2.16. The monoisotopic (exact) mass is 557 g/mol. The summed E-state index contributed by atoms with van der Waals surface area (Å²) in [5, 5.41) is 0.343. The van der Waals surface area contributed by atoms with Gasteiger partial charge >= 0.3 is 0 Å². The number of nitrogens with one attached hydrogen (secondary N) is 1. The molecular weight excluding hydrogens is 530 g/mol. The van der Waals surface area contributed by atoms with Crippen LogP contribution in [0.5, 0.6) is 17.4 Å². The summed E-state index contributed by atoms with van der Waals surface area (Å²) in [5.74, 6) is 1.22. The first-order valence-corrected chi connectivity index (χ1v) is 13.5. The molecule has 0 unspecified atom stereocenters. The van der Waals surface area contributed by atoms with Crippen LogP contribution in [0.15, 0.2) is 59.8 Å². The molecule has 10 nitrogen and oxygen atoms in total. The number of ether oxygens (including phenoxy) is 3. The SMILES string of the molecule is COc1ccc(COc2nc3nccnc3cc2NS(=O)(=O)c2cccc(Cl)c2C)cc1OCCN(C)C. The highest BCUT2D eigenvalue weighted by Gasteiger charge is 2.22. The molecule has 38 heavy (non-hydrogen) atoms. The van der Waals surface area contributed by atoms with Crippen LogP contribution in [-0.4, -0.2) is 62.6 Å². The molecule has 4 rings (SSSR count). The molecule has 0 saturated heterocycles. The molecule has 0 saturated carbocycles. The van der Waals surface area contributed by atoms with Gasteiger partial charge in [-0.15, -0.1) is 0 Å². The third-order valence-corrected chi connectivity index (χ3v) is 7.50. The standard InChI is InChI=1S/C26H28ClN5O5S/c1-17-19(27)6-5-7-24(17)38(33,34)31-21-15-20-25(29-11-10-28-20)30-26(21)37-16-18-8-9-22(35-4)23(14-18)36-13-12-32(2)3/h5-11,14-15,31H,12-13,16H2,1-4H3. The Kier molecular flexibility index (Phi) is 8.50. The predicted octanol–water partition coefficient (Wildman–Crippen LogP) is 4.32. The molecule has 0 aliphatic carbocycles. The maximum atomic E-state index is 13.3. The van der Waals surface area contributed by atoms with Gasteiger partial charge in [-0.3, -0.25) is 9.71 Å². The van der Waals surface area contributed by atoms with E-state index in [0.717, 1.165) is 12.1 Å². The molecule has 0 aliphatic rings. The van der Waals surface area contributed by atoms with E-state index in [9.17, 15) is 8.42 Å². The van der Waals surface area contributed by atoms with Crippen LogP contribution in [0.3, 0.4) is 0 Å². The third kappa shape index (κ3) is 6.42. The lowest BCUT2D eigenvalue weighted by atomic mass is 10.2. The number of pyridine rings is 1. The summed E-state index contributed by atoms with van der Waals surface area (Å²) in [6.07, 6.45) is 3.00. The minimum atomic E-state index is -4.02. The van der Waals surface area contributed by atoms with Crippen molar-refractivity contribution in [1.82, 2.24) is 19.9 Å². The lowest BCUT2D eigenvalue weighted by molar-refractivity contribution is 0.249. The van der Waals surface area contributed by atoms with Crippen molar-refractivity contribution in [3.8, 4) is 17.4 Å². The molecule has 0 aliphatic heterocycles. The molecule has 0 fully saturated rings.